The van der Waals surface area contributed by atoms with Crippen LogP contribution in [0, 0.1) is 12.8 Å². The molecule has 0 heterocycles. The topological polar surface area (TPSA) is 54.4 Å². The number of Topliss-reactive ketones (excluding diaryl/α,β-unsaturated/α-hetero) is 2. The zero-order chi connectivity index (χ0) is 17.3. The average molecular weight is 310 g/mol. The number of hydrogen-bond acceptors (Lipinski definition) is 3. The molecule has 1 aliphatic rings. The zero-order valence-electron chi connectivity index (χ0n) is 14.1. The Kier molecular flexibility index (Phi) is 4.69. The molecule has 1 aromatic carbocycles. The van der Waals surface area contributed by atoms with E-state index in [1.54, 1.807) is 19.9 Å². The van der Waals surface area contributed by atoms with E-state index in [1.807, 2.05) is 32.1 Å². The molecule has 2 rings (SSSR count). The Morgan fingerprint density at radius 1 is 1.26 bits per heavy atom. The van der Waals surface area contributed by atoms with Crippen molar-refractivity contribution in [2.24, 2.45) is 5.92 Å². The van der Waals surface area contributed by atoms with Crippen LogP contribution >= 0.6 is 0 Å². The molecule has 3 nitrogen and oxygen atoms in total. The molecule has 1 aliphatic carbocycles. The van der Waals surface area contributed by atoms with Crippen molar-refractivity contribution in [3.63, 3.8) is 0 Å². The summed E-state index contributed by atoms with van der Waals surface area (Å²) in [5, 5.41) is 10.5. The lowest BCUT2D eigenvalue weighted by Crippen LogP contribution is -2.28. The van der Waals surface area contributed by atoms with Gasteiger partial charge in [0, 0.05) is 16.7 Å². The van der Waals surface area contributed by atoms with E-state index in [4.69, 9.17) is 0 Å². The van der Waals surface area contributed by atoms with Gasteiger partial charge < -0.3 is 5.11 Å². The number of rotatable bonds is 4. The first kappa shape index (κ1) is 16.9. The maximum Gasteiger partial charge on any atom is 0.234 e. The minimum atomic E-state index is -0.597. The number of fused-ring (bicyclic) bond motifs is 1. The number of aliphatic hydroxyl groups is 1. The van der Waals surface area contributed by atoms with Gasteiger partial charge in [0.25, 0.3) is 0 Å². The van der Waals surface area contributed by atoms with Crippen molar-refractivity contribution in [2.75, 3.05) is 0 Å². The summed E-state index contributed by atoms with van der Waals surface area (Å²) >= 11 is 0. The third kappa shape index (κ3) is 3.04. The van der Waals surface area contributed by atoms with Gasteiger partial charge in [0.05, 0.1) is 0 Å². The molecule has 3 heteroatoms. The molecule has 0 amide bonds. The standard InChI is InChI=1S/C20H22O3/c1-11(2)7-6-8-14-13(5)9-10-15-17(14)20(23)19(22)16(12(3)4)18(15)21/h6-7,9-10,12,21H,1,8H2,2-5H3. The fourth-order valence-corrected chi connectivity index (χ4v) is 2.87. The number of benzene rings is 1. The van der Waals surface area contributed by atoms with Crippen molar-refractivity contribution in [3.8, 4) is 0 Å². The molecule has 0 radical (unpaired) electrons. The summed E-state index contributed by atoms with van der Waals surface area (Å²) in [6.07, 6.45) is 4.32. The smallest absolute Gasteiger partial charge is 0.234 e. The van der Waals surface area contributed by atoms with Crippen LogP contribution in [0.2, 0.25) is 0 Å². The number of hydrogen-bond donors (Lipinski definition) is 1. The van der Waals surface area contributed by atoms with Gasteiger partial charge in [-0.3, -0.25) is 9.59 Å². The van der Waals surface area contributed by atoms with Gasteiger partial charge >= 0.3 is 0 Å². The summed E-state index contributed by atoms with van der Waals surface area (Å²) in [4.78, 5) is 25.0. The highest BCUT2D eigenvalue weighted by Crippen LogP contribution is 2.34. The maximum atomic E-state index is 12.6. The minimum Gasteiger partial charge on any atom is -0.507 e. The summed E-state index contributed by atoms with van der Waals surface area (Å²) in [6.45, 7) is 11.2. The van der Waals surface area contributed by atoms with E-state index in [-0.39, 0.29) is 17.3 Å². The molecule has 23 heavy (non-hydrogen) atoms. The minimum absolute atomic E-state index is 0.0651. The monoisotopic (exact) mass is 310 g/mol. The first-order valence-corrected chi connectivity index (χ1v) is 7.72. The average Bonchev–Trinajstić information content (AvgIpc) is 2.46. The van der Waals surface area contributed by atoms with Crippen LogP contribution < -0.4 is 0 Å². The van der Waals surface area contributed by atoms with E-state index in [9.17, 15) is 14.7 Å². The van der Waals surface area contributed by atoms with Gasteiger partial charge in [-0.05, 0) is 37.3 Å². The summed E-state index contributed by atoms with van der Waals surface area (Å²) < 4.78 is 0. The van der Waals surface area contributed by atoms with Gasteiger partial charge in [-0.2, -0.15) is 0 Å². The molecule has 1 N–H and O–H groups in total. The van der Waals surface area contributed by atoms with Crippen molar-refractivity contribution in [1.82, 2.24) is 0 Å². The summed E-state index contributed by atoms with van der Waals surface area (Å²) in [5.74, 6) is -1.39. The van der Waals surface area contributed by atoms with Gasteiger partial charge in [-0.15, -0.1) is 0 Å². The van der Waals surface area contributed by atoms with Crippen LogP contribution in [0.25, 0.3) is 5.76 Å². The van der Waals surface area contributed by atoms with E-state index in [2.05, 4.69) is 6.58 Å². The van der Waals surface area contributed by atoms with E-state index in [0.717, 1.165) is 16.7 Å². The number of carbonyl (C=O) groups excluding carboxylic acids is 2. The van der Waals surface area contributed by atoms with Crippen LogP contribution in [0.15, 0.2) is 42.0 Å². The molecule has 0 spiro atoms. The zero-order valence-corrected chi connectivity index (χ0v) is 14.1. The Balaban J connectivity index is 2.66. The van der Waals surface area contributed by atoms with Crippen LogP contribution in [-0.2, 0) is 11.2 Å². The number of aryl methyl sites for hydroxylation is 1. The fourth-order valence-electron chi connectivity index (χ4n) is 2.87. The second kappa shape index (κ2) is 6.37. The Bertz CT molecular complexity index is 761. The van der Waals surface area contributed by atoms with Crippen LogP contribution in [0.1, 0.15) is 47.8 Å². The van der Waals surface area contributed by atoms with Gasteiger partial charge in [-0.25, -0.2) is 0 Å². The summed E-state index contributed by atoms with van der Waals surface area (Å²) in [6, 6.07) is 3.60. The Morgan fingerprint density at radius 2 is 1.91 bits per heavy atom. The van der Waals surface area contributed by atoms with Crippen LogP contribution in [-0.4, -0.2) is 16.7 Å². The lowest BCUT2D eigenvalue weighted by molar-refractivity contribution is -0.112. The lowest BCUT2D eigenvalue weighted by atomic mass is 9.80. The maximum absolute atomic E-state index is 12.6. The molecule has 0 unspecified atom stereocenters. The fraction of sp³-hybridized carbons (Fsp3) is 0.300. The molecular formula is C20H22O3. The molecule has 0 saturated heterocycles. The van der Waals surface area contributed by atoms with Gasteiger partial charge in [-0.1, -0.05) is 50.3 Å². The Labute approximate surface area is 137 Å². The Hall–Kier alpha value is -2.42. The van der Waals surface area contributed by atoms with E-state index >= 15 is 0 Å². The number of aliphatic hydroxyl groups excluding tert-OH is 1. The highest BCUT2D eigenvalue weighted by molar-refractivity contribution is 6.52. The normalized spacial score (nSPS) is 14.8. The predicted molar refractivity (Wildman–Crippen MR) is 92.6 cm³/mol. The van der Waals surface area contributed by atoms with Crippen LogP contribution in [0.5, 0.6) is 0 Å². The number of allylic oxidation sites excluding steroid dienone is 4. The molecule has 0 aromatic heterocycles. The SMILES string of the molecule is C=C(C)C=CCc1c(C)ccc2c1C(=O)C(=O)C(C(C)C)=C2O. The molecule has 1 aromatic rings. The second-order valence-corrected chi connectivity index (χ2v) is 6.31. The number of carbonyl (C=O) groups is 2. The molecule has 0 atom stereocenters. The largest absolute Gasteiger partial charge is 0.507 e. The highest BCUT2D eigenvalue weighted by atomic mass is 16.3. The summed E-state index contributed by atoms with van der Waals surface area (Å²) in [7, 11) is 0. The van der Waals surface area contributed by atoms with E-state index in [1.165, 1.54) is 0 Å². The van der Waals surface area contributed by atoms with Crippen molar-refractivity contribution >= 4 is 17.3 Å². The highest BCUT2D eigenvalue weighted by Gasteiger charge is 2.35. The van der Waals surface area contributed by atoms with Crippen LogP contribution in [0.4, 0.5) is 0 Å². The summed E-state index contributed by atoms with van der Waals surface area (Å²) in [5.41, 5.74) is 3.63. The molecule has 0 bridgehead atoms. The first-order chi connectivity index (χ1) is 10.8. The lowest BCUT2D eigenvalue weighted by Gasteiger charge is -2.23. The molecule has 0 aliphatic heterocycles. The van der Waals surface area contributed by atoms with Crippen molar-refractivity contribution in [1.29, 1.82) is 0 Å². The van der Waals surface area contributed by atoms with Crippen molar-refractivity contribution in [2.45, 2.75) is 34.1 Å². The van der Waals surface area contributed by atoms with Gasteiger partial charge in [0.1, 0.15) is 5.76 Å². The van der Waals surface area contributed by atoms with Gasteiger partial charge in [0.2, 0.25) is 11.6 Å². The van der Waals surface area contributed by atoms with Crippen molar-refractivity contribution in [3.05, 3.63) is 64.3 Å². The van der Waals surface area contributed by atoms with E-state index < -0.39 is 11.6 Å². The van der Waals surface area contributed by atoms with E-state index in [0.29, 0.717) is 17.5 Å². The predicted octanol–water partition coefficient (Wildman–Crippen LogP) is 4.36. The first-order valence-electron chi connectivity index (χ1n) is 7.72. The molecule has 0 fully saturated rings. The Morgan fingerprint density at radius 3 is 2.48 bits per heavy atom. The quantitative estimate of drug-likeness (QED) is 0.664. The number of ketones is 2. The van der Waals surface area contributed by atoms with Crippen LogP contribution in [0.3, 0.4) is 0 Å². The van der Waals surface area contributed by atoms with Gasteiger partial charge in [0.15, 0.2) is 0 Å². The molecule has 0 saturated carbocycles. The van der Waals surface area contributed by atoms with Crippen molar-refractivity contribution < 1.29 is 14.7 Å². The molecule has 120 valence electrons. The molecular weight excluding hydrogens is 288 g/mol. The third-order valence-corrected chi connectivity index (χ3v) is 4.04. The second-order valence-electron chi connectivity index (χ2n) is 6.31. The third-order valence-electron chi connectivity index (χ3n) is 4.04.